The van der Waals surface area contributed by atoms with E-state index in [0.717, 1.165) is 12.1 Å². The van der Waals surface area contributed by atoms with Crippen molar-refractivity contribution in [2.24, 2.45) is 0 Å². The summed E-state index contributed by atoms with van der Waals surface area (Å²) in [5.41, 5.74) is -3.47. The summed E-state index contributed by atoms with van der Waals surface area (Å²) in [6.07, 6.45) is 0.755. The van der Waals surface area contributed by atoms with E-state index in [2.05, 4.69) is 20.9 Å². The Morgan fingerprint density at radius 1 is 1.12 bits per heavy atom. The summed E-state index contributed by atoms with van der Waals surface area (Å²) in [6.45, 7) is 4.95. The molecule has 2 N–H and O–H groups in total. The van der Waals surface area contributed by atoms with Crippen LogP contribution in [0.1, 0.15) is 37.1 Å². The van der Waals surface area contributed by atoms with E-state index in [4.69, 9.17) is 6.42 Å². The van der Waals surface area contributed by atoms with E-state index in [9.17, 15) is 27.9 Å². The number of aliphatic hydroxyl groups is 1. The van der Waals surface area contributed by atoms with Gasteiger partial charge >= 0.3 is 11.8 Å². The van der Waals surface area contributed by atoms with Crippen molar-refractivity contribution in [2.45, 2.75) is 44.4 Å². The normalized spacial score (nSPS) is 13.9. The fraction of sp³-hybridized carbons (Fsp3) is 0.292. The zero-order chi connectivity index (χ0) is 24.6. The fourth-order valence-corrected chi connectivity index (χ4v) is 3.59. The predicted octanol–water partition coefficient (Wildman–Crippen LogP) is 4.19. The van der Waals surface area contributed by atoms with Crippen molar-refractivity contribution in [3.8, 4) is 12.3 Å². The molecule has 1 unspecified atom stereocenters. The average Bonchev–Trinajstić information content (AvgIpc) is 2.75. The lowest BCUT2D eigenvalue weighted by Crippen LogP contribution is -2.46. The number of amides is 1. The number of anilines is 1. The Morgan fingerprint density at radius 2 is 1.73 bits per heavy atom. The van der Waals surface area contributed by atoms with Crippen molar-refractivity contribution in [3.63, 3.8) is 0 Å². The second-order valence-electron chi connectivity index (χ2n) is 8.41. The molecule has 3 aromatic rings. The number of benzene rings is 2. The third-order valence-corrected chi connectivity index (χ3v) is 5.46. The Labute approximate surface area is 187 Å². The zero-order valence-corrected chi connectivity index (χ0v) is 18.1. The maximum absolute atomic E-state index is 12.9. The van der Waals surface area contributed by atoms with Gasteiger partial charge in [0.05, 0.1) is 16.6 Å². The summed E-state index contributed by atoms with van der Waals surface area (Å²) >= 11 is 0. The highest BCUT2D eigenvalue weighted by Crippen LogP contribution is 2.35. The summed E-state index contributed by atoms with van der Waals surface area (Å²) < 4.78 is 43.2. The molecule has 0 spiro atoms. The molecule has 0 saturated heterocycles. The minimum Gasteiger partial charge on any atom is -0.369 e. The van der Waals surface area contributed by atoms with Gasteiger partial charge in [0.2, 0.25) is 5.60 Å². The third kappa shape index (κ3) is 4.91. The summed E-state index contributed by atoms with van der Waals surface area (Å²) in [4.78, 5) is 24.7. The molecule has 1 heterocycles. The van der Waals surface area contributed by atoms with E-state index in [0.29, 0.717) is 16.6 Å². The molecule has 2 aromatic carbocycles. The van der Waals surface area contributed by atoms with Crippen LogP contribution in [0.5, 0.6) is 0 Å². The number of carbonyl (C=O) groups is 1. The van der Waals surface area contributed by atoms with Crippen molar-refractivity contribution < 1.29 is 27.6 Å². The van der Waals surface area contributed by atoms with Gasteiger partial charge in [0.1, 0.15) is 0 Å². The van der Waals surface area contributed by atoms with Gasteiger partial charge in [-0.1, -0.05) is 37.1 Å². The highest BCUT2D eigenvalue weighted by atomic mass is 19.4. The first-order valence-electron chi connectivity index (χ1n) is 9.86. The Morgan fingerprint density at radius 3 is 2.30 bits per heavy atom. The second kappa shape index (κ2) is 8.37. The van der Waals surface area contributed by atoms with Gasteiger partial charge in [-0.15, -0.1) is 6.42 Å². The standard InChI is InChI=1S/C24H21F3N2O4/c1-5-23(32,13-22(3,4)15-6-8-16(9-7-15)24(25,26)27)21(31)28-17-10-11-18-19(12-17)14(2)29-33-20(18)30/h1,6-12,32H,13H2,2-4H3,(H,28,31). The minimum atomic E-state index is -4.48. The van der Waals surface area contributed by atoms with Crippen molar-refractivity contribution in [1.29, 1.82) is 0 Å². The smallest absolute Gasteiger partial charge is 0.369 e. The number of hydrogen-bond acceptors (Lipinski definition) is 5. The second-order valence-corrected chi connectivity index (χ2v) is 8.41. The van der Waals surface area contributed by atoms with Crippen LogP contribution < -0.4 is 10.9 Å². The van der Waals surface area contributed by atoms with Gasteiger partial charge in [-0.25, -0.2) is 4.79 Å². The monoisotopic (exact) mass is 458 g/mol. The van der Waals surface area contributed by atoms with Crippen molar-refractivity contribution in [2.75, 3.05) is 5.32 Å². The molecule has 0 fully saturated rings. The van der Waals surface area contributed by atoms with Gasteiger partial charge < -0.3 is 14.9 Å². The van der Waals surface area contributed by atoms with Crippen LogP contribution in [-0.4, -0.2) is 21.8 Å². The average molecular weight is 458 g/mol. The molecule has 33 heavy (non-hydrogen) atoms. The number of hydrogen-bond donors (Lipinski definition) is 2. The van der Waals surface area contributed by atoms with Crippen LogP contribution in [0.2, 0.25) is 0 Å². The predicted molar refractivity (Wildman–Crippen MR) is 117 cm³/mol. The van der Waals surface area contributed by atoms with Crippen LogP contribution >= 0.6 is 0 Å². The molecule has 0 aliphatic carbocycles. The minimum absolute atomic E-state index is 0.258. The zero-order valence-electron chi connectivity index (χ0n) is 18.1. The fourth-order valence-electron chi connectivity index (χ4n) is 3.59. The molecule has 1 amide bonds. The van der Waals surface area contributed by atoms with E-state index in [-0.39, 0.29) is 17.5 Å². The van der Waals surface area contributed by atoms with E-state index in [1.54, 1.807) is 20.8 Å². The summed E-state index contributed by atoms with van der Waals surface area (Å²) in [6, 6.07) is 8.87. The van der Waals surface area contributed by atoms with Crippen LogP contribution in [0.3, 0.4) is 0 Å². The third-order valence-electron chi connectivity index (χ3n) is 5.46. The van der Waals surface area contributed by atoms with Crippen LogP contribution in [0.25, 0.3) is 10.8 Å². The quantitative estimate of drug-likeness (QED) is 0.560. The summed E-state index contributed by atoms with van der Waals surface area (Å²) in [7, 11) is 0. The molecule has 0 aliphatic heterocycles. The number of aryl methyl sites for hydroxylation is 1. The molecule has 0 aliphatic rings. The van der Waals surface area contributed by atoms with Crippen LogP contribution in [0.15, 0.2) is 51.8 Å². The molecule has 172 valence electrons. The van der Waals surface area contributed by atoms with E-state index in [1.165, 1.54) is 30.3 Å². The number of nitrogens with zero attached hydrogens (tertiary/aromatic N) is 1. The first-order chi connectivity index (χ1) is 15.3. The number of nitrogens with one attached hydrogen (secondary N) is 1. The number of fused-ring (bicyclic) bond motifs is 1. The Hall–Kier alpha value is -3.64. The van der Waals surface area contributed by atoms with Crippen LogP contribution in [-0.2, 0) is 16.4 Å². The largest absolute Gasteiger partial charge is 0.416 e. The molecule has 0 saturated carbocycles. The van der Waals surface area contributed by atoms with Gasteiger partial charge in [-0.3, -0.25) is 4.79 Å². The highest BCUT2D eigenvalue weighted by molar-refractivity contribution is 6.01. The maximum atomic E-state index is 12.9. The topological polar surface area (TPSA) is 92.4 Å². The SMILES string of the molecule is C#CC(O)(CC(C)(C)c1ccc(C(F)(F)F)cc1)C(=O)Nc1ccc2c(=O)onc(C)c2c1. The number of aromatic nitrogens is 1. The lowest BCUT2D eigenvalue weighted by atomic mass is 9.75. The van der Waals surface area contributed by atoms with Crippen molar-refractivity contribution in [3.05, 3.63) is 69.7 Å². The van der Waals surface area contributed by atoms with Gasteiger partial charge in [-0.05, 0) is 48.2 Å². The number of rotatable bonds is 5. The summed E-state index contributed by atoms with van der Waals surface area (Å²) in [5, 5.41) is 17.8. The molecule has 6 nitrogen and oxygen atoms in total. The molecule has 1 aromatic heterocycles. The molecule has 0 radical (unpaired) electrons. The molecular formula is C24H21F3N2O4. The number of terminal acetylenes is 1. The molecule has 3 rings (SSSR count). The van der Waals surface area contributed by atoms with Gasteiger partial charge in [0.15, 0.2) is 0 Å². The number of carbonyl (C=O) groups excluding carboxylic acids is 1. The van der Waals surface area contributed by atoms with Crippen molar-refractivity contribution in [1.82, 2.24) is 5.16 Å². The molecule has 9 heteroatoms. The maximum Gasteiger partial charge on any atom is 0.416 e. The van der Waals surface area contributed by atoms with Gasteiger partial charge in [0.25, 0.3) is 5.91 Å². The molecular weight excluding hydrogens is 437 g/mol. The lowest BCUT2D eigenvalue weighted by molar-refractivity contribution is -0.137. The Bertz CT molecular complexity index is 1300. The number of halogens is 3. The number of alkyl halides is 3. The van der Waals surface area contributed by atoms with Crippen LogP contribution in [0, 0.1) is 19.3 Å². The highest BCUT2D eigenvalue weighted by Gasteiger charge is 2.41. The summed E-state index contributed by atoms with van der Waals surface area (Å²) in [5.74, 6) is 1.21. The van der Waals surface area contributed by atoms with E-state index in [1.807, 2.05) is 0 Å². The molecule has 1 atom stereocenters. The van der Waals surface area contributed by atoms with Gasteiger partial charge in [-0.2, -0.15) is 13.2 Å². The Kier molecular flexibility index (Phi) is 6.09. The lowest BCUT2D eigenvalue weighted by Gasteiger charge is -2.32. The Balaban J connectivity index is 1.85. The van der Waals surface area contributed by atoms with Crippen LogP contribution in [0.4, 0.5) is 18.9 Å². The van der Waals surface area contributed by atoms with Crippen molar-refractivity contribution >= 4 is 22.4 Å². The first kappa shape index (κ1) is 24.0. The van der Waals surface area contributed by atoms with E-state index < -0.39 is 34.3 Å². The van der Waals surface area contributed by atoms with Gasteiger partial charge in [0, 0.05) is 17.5 Å². The van der Waals surface area contributed by atoms with E-state index >= 15 is 0 Å². The first-order valence-corrected chi connectivity index (χ1v) is 9.86. The molecule has 0 bridgehead atoms.